The minimum absolute atomic E-state index is 0.0134. The molecule has 0 atom stereocenters. The second-order valence-electron chi connectivity index (χ2n) is 2.95. The first-order valence-electron chi connectivity index (χ1n) is 4.54. The topological polar surface area (TPSA) is 87.9 Å². The first-order valence-corrected chi connectivity index (χ1v) is 4.54. The summed E-state index contributed by atoms with van der Waals surface area (Å²) in [6.07, 6.45) is 0. The van der Waals surface area contributed by atoms with Gasteiger partial charge in [-0.05, 0) is 12.1 Å². The van der Waals surface area contributed by atoms with Crippen LogP contribution in [0.15, 0.2) is 12.1 Å². The van der Waals surface area contributed by atoms with Crippen molar-refractivity contribution in [2.24, 2.45) is 0 Å². The summed E-state index contributed by atoms with van der Waals surface area (Å²) in [5, 5.41) is 10.9. The molecule has 0 N–H and O–H groups in total. The number of nitrogens with zero attached hydrogens (tertiary/aromatic N) is 1. The lowest BCUT2D eigenvalue weighted by atomic mass is 10.1. The summed E-state index contributed by atoms with van der Waals surface area (Å²) in [4.78, 5) is 21.6. The Morgan fingerprint density at radius 1 is 1.24 bits per heavy atom. The second-order valence-corrected chi connectivity index (χ2v) is 2.95. The zero-order chi connectivity index (χ0) is 13.0. The summed E-state index contributed by atoms with van der Waals surface area (Å²) >= 11 is 0. The first-order chi connectivity index (χ1) is 8.06. The Hall–Kier alpha value is -2.31. The summed E-state index contributed by atoms with van der Waals surface area (Å²) in [6, 6.07) is 2.66. The van der Waals surface area contributed by atoms with Gasteiger partial charge in [-0.15, -0.1) is 0 Å². The molecule has 0 aliphatic rings. The Morgan fingerprint density at radius 3 is 2.29 bits per heavy atom. The minimum Gasteiger partial charge on any atom is -0.490 e. The van der Waals surface area contributed by atoms with Crippen molar-refractivity contribution in [2.45, 2.75) is 0 Å². The maximum Gasteiger partial charge on any atom is 0.353 e. The highest BCUT2D eigenvalue weighted by molar-refractivity contribution is 5.94. The van der Waals surface area contributed by atoms with Crippen LogP contribution in [0, 0.1) is 10.1 Å². The fourth-order valence-corrected chi connectivity index (χ4v) is 1.37. The van der Waals surface area contributed by atoms with E-state index in [1.165, 1.54) is 33.5 Å². The van der Waals surface area contributed by atoms with Gasteiger partial charge in [0.15, 0.2) is 0 Å². The summed E-state index contributed by atoms with van der Waals surface area (Å²) < 4.78 is 14.2. The van der Waals surface area contributed by atoms with Crippen molar-refractivity contribution in [1.29, 1.82) is 0 Å². The average Bonchev–Trinajstić information content (AvgIpc) is 2.35. The summed E-state index contributed by atoms with van der Waals surface area (Å²) in [6.45, 7) is 0. The van der Waals surface area contributed by atoms with Crippen LogP contribution in [-0.2, 0) is 4.74 Å². The van der Waals surface area contributed by atoms with Crippen molar-refractivity contribution in [3.8, 4) is 11.5 Å². The van der Waals surface area contributed by atoms with E-state index in [9.17, 15) is 14.9 Å². The fourth-order valence-electron chi connectivity index (χ4n) is 1.37. The van der Waals surface area contributed by atoms with E-state index < -0.39 is 16.6 Å². The zero-order valence-electron chi connectivity index (χ0n) is 9.55. The molecule has 0 amide bonds. The van der Waals surface area contributed by atoms with Gasteiger partial charge in [0.25, 0.3) is 0 Å². The van der Waals surface area contributed by atoms with Crippen LogP contribution in [0.3, 0.4) is 0 Å². The molecule has 0 aliphatic heterocycles. The fraction of sp³-hybridized carbons (Fsp3) is 0.300. The van der Waals surface area contributed by atoms with Crippen LogP contribution in [0.4, 0.5) is 5.69 Å². The molecule has 1 aromatic rings. The molecule has 7 nitrogen and oxygen atoms in total. The Bertz CT molecular complexity index is 456. The number of methoxy groups -OCH3 is 3. The third kappa shape index (κ3) is 2.27. The number of hydrogen-bond acceptors (Lipinski definition) is 6. The van der Waals surface area contributed by atoms with Crippen LogP contribution in [0.1, 0.15) is 10.4 Å². The van der Waals surface area contributed by atoms with Gasteiger partial charge in [-0.2, -0.15) is 0 Å². The number of hydrogen-bond donors (Lipinski definition) is 0. The molecule has 0 radical (unpaired) electrons. The molecule has 17 heavy (non-hydrogen) atoms. The monoisotopic (exact) mass is 241 g/mol. The average molecular weight is 241 g/mol. The molecule has 0 heterocycles. The largest absolute Gasteiger partial charge is 0.490 e. The van der Waals surface area contributed by atoms with Gasteiger partial charge in [-0.1, -0.05) is 0 Å². The SMILES string of the molecule is COC(=O)c1ccc(OC)c([N+](=O)[O-])c1OC. The van der Waals surface area contributed by atoms with E-state index in [4.69, 9.17) is 9.47 Å². The molecule has 0 saturated carbocycles. The first kappa shape index (κ1) is 12.8. The molecule has 0 bridgehead atoms. The van der Waals surface area contributed by atoms with Crippen molar-refractivity contribution in [2.75, 3.05) is 21.3 Å². The molecular formula is C10H11NO6. The number of ether oxygens (including phenoxy) is 3. The molecular weight excluding hydrogens is 230 g/mol. The smallest absolute Gasteiger partial charge is 0.353 e. The van der Waals surface area contributed by atoms with Gasteiger partial charge in [0.05, 0.1) is 26.3 Å². The molecule has 0 aliphatic carbocycles. The van der Waals surface area contributed by atoms with Gasteiger partial charge in [0.1, 0.15) is 5.56 Å². The van der Waals surface area contributed by atoms with E-state index in [0.717, 1.165) is 0 Å². The normalized spacial score (nSPS) is 9.59. The van der Waals surface area contributed by atoms with Crippen molar-refractivity contribution in [3.05, 3.63) is 27.8 Å². The van der Waals surface area contributed by atoms with Crippen LogP contribution in [-0.4, -0.2) is 32.2 Å². The van der Waals surface area contributed by atoms with Gasteiger partial charge in [-0.3, -0.25) is 10.1 Å². The number of carbonyl (C=O) groups excluding carboxylic acids is 1. The number of nitro groups is 1. The quantitative estimate of drug-likeness (QED) is 0.449. The van der Waals surface area contributed by atoms with Gasteiger partial charge < -0.3 is 14.2 Å². The molecule has 92 valence electrons. The highest BCUT2D eigenvalue weighted by Crippen LogP contribution is 2.39. The van der Waals surface area contributed by atoms with Crippen molar-refractivity contribution < 1.29 is 23.9 Å². The molecule has 0 aromatic heterocycles. The summed E-state index contributed by atoms with van der Waals surface area (Å²) in [5.41, 5.74) is -0.430. The predicted molar refractivity (Wildman–Crippen MR) is 57.5 cm³/mol. The highest BCUT2D eigenvalue weighted by atomic mass is 16.6. The van der Waals surface area contributed by atoms with Crippen LogP contribution in [0.2, 0.25) is 0 Å². The number of benzene rings is 1. The van der Waals surface area contributed by atoms with Crippen LogP contribution in [0.5, 0.6) is 11.5 Å². The number of nitro benzene ring substituents is 1. The molecule has 0 saturated heterocycles. The summed E-state index contributed by atoms with van der Waals surface area (Å²) in [5.74, 6) is -0.881. The van der Waals surface area contributed by atoms with Gasteiger partial charge in [0, 0.05) is 0 Å². The van der Waals surface area contributed by atoms with Crippen LogP contribution >= 0.6 is 0 Å². The minimum atomic E-state index is -0.715. The number of esters is 1. The third-order valence-corrected chi connectivity index (χ3v) is 2.11. The molecule has 0 fully saturated rings. The number of carbonyl (C=O) groups is 1. The Labute approximate surface area is 97.0 Å². The van der Waals surface area contributed by atoms with Gasteiger partial charge in [-0.25, -0.2) is 4.79 Å². The van der Waals surface area contributed by atoms with E-state index in [-0.39, 0.29) is 17.1 Å². The van der Waals surface area contributed by atoms with E-state index >= 15 is 0 Å². The second kappa shape index (κ2) is 5.15. The van der Waals surface area contributed by atoms with Gasteiger partial charge >= 0.3 is 11.7 Å². The van der Waals surface area contributed by atoms with Crippen LogP contribution in [0.25, 0.3) is 0 Å². The lowest BCUT2D eigenvalue weighted by molar-refractivity contribution is -0.386. The van der Waals surface area contributed by atoms with E-state index in [1.807, 2.05) is 0 Å². The highest BCUT2D eigenvalue weighted by Gasteiger charge is 2.28. The number of rotatable bonds is 4. The van der Waals surface area contributed by atoms with E-state index in [1.54, 1.807) is 0 Å². The molecule has 7 heteroatoms. The lowest BCUT2D eigenvalue weighted by Crippen LogP contribution is -2.07. The van der Waals surface area contributed by atoms with Crippen molar-refractivity contribution in [3.63, 3.8) is 0 Å². The Kier molecular flexibility index (Phi) is 3.86. The van der Waals surface area contributed by atoms with E-state index in [0.29, 0.717) is 0 Å². The zero-order valence-corrected chi connectivity index (χ0v) is 9.55. The van der Waals surface area contributed by atoms with Gasteiger partial charge in [0.2, 0.25) is 11.5 Å². The Balaban J connectivity index is 3.51. The maximum absolute atomic E-state index is 11.4. The van der Waals surface area contributed by atoms with Crippen LogP contribution < -0.4 is 9.47 Å². The molecule has 1 rings (SSSR count). The molecule has 0 spiro atoms. The molecule has 1 aromatic carbocycles. The van der Waals surface area contributed by atoms with E-state index in [2.05, 4.69) is 4.74 Å². The Morgan fingerprint density at radius 2 is 1.88 bits per heavy atom. The van der Waals surface area contributed by atoms with Crippen molar-refractivity contribution >= 4 is 11.7 Å². The van der Waals surface area contributed by atoms with Crippen molar-refractivity contribution in [1.82, 2.24) is 0 Å². The molecule has 0 unspecified atom stereocenters. The maximum atomic E-state index is 11.4. The third-order valence-electron chi connectivity index (χ3n) is 2.11. The summed E-state index contributed by atoms with van der Waals surface area (Å²) in [7, 11) is 3.70. The standard InChI is InChI=1S/C10H11NO6/c1-15-7-5-4-6(10(12)17-3)9(16-2)8(7)11(13)14/h4-5H,1-3H3. The lowest BCUT2D eigenvalue weighted by Gasteiger charge is -2.09. The predicted octanol–water partition coefficient (Wildman–Crippen LogP) is 1.40.